The van der Waals surface area contributed by atoms with Crippen molar-refractivity contribution in [3.63, 3.8) is 0 Å². The predicted octanol–water partition coefficient (Wildman–Crippen LogP) is 3.57. The largest absolute Gasteiger partial charge is 0.486 e. The van der Waals surface area contributed by atoms with Gasteiger partial charge >= 0.3 is 0 Å². The molecule has 1 aromatic heterocycles. The minimum absolute atomic E-state index is 0.632. The summed E-state index contributed by atoms with van der Waals surface area (Å²) in [6, 6.07) is 8.24. The van der Waals surface area contributed by atoms with Crippen molar-refractivity contribution in [3.8, 4) is 11.5 Å². The third kappa shape index (κ3) is 3.29. The lowest BCUT2D eigenvalue weighted by Crippen LogP contribution is -2.16. The molecule has 1 N–H and O–H groups in total. The zero-order valence-electron chi connectivity index (χ0n) is 10.3. The Bertz CT molecular complexity index is 570. The summed E-state index contributed by atoms with van der Waals surface area (Å²) in [6.07, 6.45) is 0. The van der Waals surface area contributed by atoms with Crippen LogP contribution in [0.4, 0.5) is 0 Å². The number of benzene rings is 1. The molecule has 0 bridgehead atoms. The Morgan fingerprint density at radius 1 is 1.11 bits per heavy atom. The van der Waals surface area contributed by atoms with Crippen molar-refractivity contribution in [2.45, 2.75) is 13.1 Å². The number of nitrogens with one attached hydrogen (secondary N) is 1. The van der Waals surface area contributed by atoms with Gasteiger partial charge in [0, 0.05) is 27.8 Å². The second-order valence-corrected chi connectivity index (χ2v) is 6.22. The second-order valence-electron chi connectivity index (χ2n) is 4.31. The van der Waals surface area contributed by atoms with Crippen LogP contribution in [-0.2, 0) is 13.1 Å². The smallest absolute Gasteiger partial charge is 0.161 e. The summed E-state index contributed by atoms with van der Waals surface area (Å²) in [5, 5.41) is 5.53. The van der Waals surface area contributed by atoms with Gasteiger partial charge in [0.2, 0.25) is 0 Å². The maximum atomic E-state index is 5.58. The molecule has 0 saturated heterocycles. The zero-order chi connectivity index (χ0) is 13.1. The lowest BCUT2D eigenvalue weighted by atomic mass is 10.2. The Morgan fingerprint density at radius 3 is 2.74 bits per heavy atom. The predicted molar refractivity (Wildman–Crippen MR) is 80.0 cm³/mol. The topological polar surface area (TPSA) is 30.5 Å². The molecule has 0 aliphatic carbocycles. The van der Waals surface area contributed by atoms with Gasteiger partial charge < -0.3 is 14.8 Å². The first-order valence-corrected chi connectivity index (χ1v) is 7.81. The van der Waals surface area contributed by atoms with E-state index in [0.717, 1.165) is 29.1 Å². The lowest BCUT2D eigenvalue weighted by molar-refractivity contribution is 0.171. The standard InChI is InChI=1S/C14H14BrNO2S/c15-11-6-12(19-9-11)8-16-7-10-1-2-13-14(5-10)18-4-3-17-13/h1-2,5-6,9,16H,3-4,7-8H2. The highest BCUT2D eigenvalue weighted by molar-refractivity contribution is 9.10. The van der Waals surface area contributed by atoms with E-state index in [4.69, 9.17) is 9.47 Å². The van der Waals surface area contributed by atoms with Crippen LogP contribution < -0.4 is 14.8 Å². The van der Waals surface area contributed by atoms with Gasteiger partial charge in [-0.25, -0.2) is 0 Å². The summed E-state index contributed by atoms with van der Waals surface area (Å²) in [4.78, 5) is 1.32. The Balaban J connectivity index is 1.58. The summed E-state index contributed by atoms with van der Waals surface area (Å²) in [5.41, 5.74) is 1.21. The highest BCUT2D eigenvalue weighted by Gasteiger charge is 2.11. The molecular weight excluding hydrogens is 326 g/mol. The van der Waals surface area contributed by atoms with Crippen molar-refractivity contribution < 1.29 is 9.47 Å². The van der Waals surface area contributed by atoms with E-state index in [-0.39, 0.29) is 0 Å². The summed E-state index contributed by atoms with van der Waals surface area (Å²) < 4.78 is 12.2. The Kier molecular flexibility index (Phi) is 4.06. The fraction of sp³-hybridized carbons (Fsp3) is 0.286. The van der Waals surface area contributed by atoms with Crippen LogP contribution in [0.3, 0.4) is 0 Å². The molecule has 0 atom stereocenters. The maximum absolute atomic E-state index is 5.58. The van der Waals surface area contributed by atoms with Gasteiger partial charge in [-0.2, -0.15) is 0 Å². The number of hydrogen-bond acceptors (Lipinski definition) is 4. The first kappa shape index (κ1) is 13.0. The summed E-state index contributed by atoms with van der Waals surface area (Å²) in [5.74, 6) is 1.70. The quantitative estimate of drug-likeness (QED) is 0.923. The van der Waals surface area contributed by atoms with Gasteiger partial charge in [-0.3, -0.25) is 0 Å². The van der Waals surface area contributed by atoms with Crippen LogP contribution in [0.25, 0.3) is 0 Å². The van der Waals surface area contributed by atoms with Crippen molar-refractivity contribution >= 4 is 27.3 Å². The van der Waals surface area contributed by atoms with E-state index in [9.17, 15) is 0 Å². The van der Waals surface area contributed by atoms with Crippen LogP contribution in [0.2, 0.25) is 0 Å². The number of rotatable bonds is 4. The SMILES string of the molecule is Brc1csc(CNCc2ccc3c(c2)OCCO3)c1. The number of fused-ring (bicyclic) bond motifs is 1. The molecule has 0 fully saturated rings. The zero-order valence-corrected chi connectivity index (χ0v) is 12.7. The summed E-state index contributed by atoms with van der Waals surface area (Å²) >= 11 is 5.22. The molecule has 2 aromatic rings. The van der Waals surface area contributed by atoms with Crippen LogP contribution in [-0.4, -0.2) is 13.2 Å². The molecule has 0 amide bonds. The number of hydrogen-bond donors (Lipinski definition) is 1. The third-order valence-corrected chi connectivity index (χ3v) is 4.55. The molecule has 100 valence electrons. The maximum Gasteiger partial charge on any atom is 0.161 e. The van der Waals surface area contributed by atoms with Crippen molar-refractivity contribution in [3.05, 3.63) is 44.6 Å². The van der Waals surface area contributed by atoms with E-state index in [1.165, 1.54) is 10.4 Å². The average Bonchev–Trinajstić information content (AvgIpc) is 2.84. The first-order chi connectivity index (χ1) is 9.31. The average molecular weight is 340 g/mol. The van der Waals surface area contributed by atoms with E-state index in [1.807, 2.05) is 12.1 Å². The monoisotopic (exact) mass is 339 g/mol. The second kappa shape index (κ2) is 5.94. The molecule has 19 heavy (non-hydrogen) atoms. The van der Waals surface area contributed by atoms with Gasteiger partial charge in [0.15, 0.2) is 11.5 Å². The molecule has 1 aliphatic rings. The van der Waals surface area contributed by atoms with Crippen LogP contribution >= 0.6 is 27.3 Å². The molecule has 0 unspecified atom stereocenters. The van der Waals surface area contributed by atoms with Gasteiger partial charge in [0.1, 0.15) is 13.2 Å². The summed E-state index contributed by atoms with van der Waals surface area (Å²) in [6.45, 7) is 2.97. The summed E-state index contributed by atoms with van der Waals surface area (Å²) in [7, 11) is 0. The Hall–Kier alpha value is -1.04. The normalized spacial score (nSPS) is 13.5. The van der Waals surface area contributed by atoms with E-state index in [1.54, 1.807) is 11.3 Å². The minimum Gasteiger partial charge on any atom is -0.486 e. The highest BCUT2D eigenvalue weighted by Crippen LogP contribution is 2.30. The number of ether oxygens (including phenoxy) is 2. The van der Waals surface area contributed by atoms with Gasteiger partial charge in [-0.15, -0.1) is 11.3 Å². The molecule has 0 spiro atoms. The third-order valence-electron chi connectivity index (χ3n) is 2.86. The molecule has 1 aliphatic heterocycles. The van der Waals surface area contributed by atoms with Gasteiger partial charge in [0.25, 0.3) is 0 Å². The molecule has 5 heteroatoms. The van der Waals surface area contributed by atoms with Crippen molar-refractivity contribution in [2.75, 3.05) is 13.2 Å². The fourth-order valence-corrected chi connectivity index (χ4v) is 3.39. The van der Waals surface area contributed by atoms with Crippen LogP contribution in [0.15, 0.2) is 34.1 Å². The fourth-order valence-electron chi connectivity index (χ4n) is 1.97. The lowest BCUT2D eigenvalue weighted by Gasteiger charge is -2.18. The highest BCUT2D eigenvalue weighted by atomic mass is 79.9. The molecule has 1 aromatic carbocycles. The van der Waals surface area contributed by atoms with E-state index in [0.29, 0.717) is 13.2 Å². The van der Waals surface area contributed by atoms with Gasteiger partial charge in [0.05, 0.1) is 0 Å². The van der Waals surface area contributed by atoms with E-state index in [2.05, 4.69) is 38.8 Å². The Morgan fingerprint density at radius 2 is 1.95 bits per heavy atom. The van der Waals surface area contributed by atoms with Crippen molar-refractivity contribution in [1.82, 2.24) is 5.32 Å². The van der Waals surface area contributed by atoms with Crippen LogP contribution in [0.5, 0.6) is 11.5 Å². The van der Waals surface area contributed by atoms with E-state index < -0.39 is 0 Å². The molecule has 0 saturated carbocycles. The number of thiophene rings is 1. The minimum atomic E-state index is 0.632. The molecule has 3 nitrogen and oxygen atoms in total. The van der Waals surface area contributed by atoms with Crippen molar-refractivity contribution in [2.24, 2.45) is 0 Å². The molecule has 0 radical (unpaired) electrons. The molecular formula is C14H14BrNO2S. The van der Waals surface area contributed by atoms with Crippen molar-refractivity contribution in [1.29, 1.82) is 0 Å². The molecule has 2 heterocycles. The van der Waals surface area contributed by atoms with Crippen LogP contribution in [0, 0.1) is 0 Å². The van der Waals surface area contributed by atoms with Gasteiger partial charge in [-0.05, 0) is 39.7 Å². The Labute approximate surface area is 124 Å². The number of halogens is 1. The van der Waals surface area contributed by atoms with Gasteiger partial charge in [-0.1, -0.05) is 6.07 Å². The van der Waals surface area contributed by atoms with E-state index >= 15 is 0 Å². The first-order valence-electron chi connectivity index (χ1n) is 6.13. The molecule has 3 rings (SSSR count). The van der Waals surface area contributed by atoms with Crippen LogP contribution in [0.1, 0.15) is 10.4 Å².